The molecule has 1 unspecified atom stereocenters. The molecule has 1 aliphatic carbocycles. The first kappa shape index (κ1) is 12.6. The largest absolute Gasteiger partial charge is 0.312 e. The Balaban J connectivity index is 2.09. The Morgan fingerprint density at radius 1 is 1.24 bits per heavy atom. The van der Waals surface area contributed by atoms with Gasteiger partial charge in [-0.1, -0.05) is 18.2 Å². The van der Waals surface area contributed by atoms with Crippen molar-refractivity contribution in [1.82, 2.24) is 10.2 Å². The van der Waals surface area contributed by atoms with Gasteiger partial charge in [-0.2, -0.15) is 0 Å². The number of rotatable bonds is 5. The summed E-state index contributed by atoms with van der Waals surface area (Å²) in [5, 5.41) is 3.63. The molecule has 2 rings (SSSR count). The van der Waals surface area contributed by atoms with Gasteiger partial charge in [0.2, 0.25) is 0 Å². The maximum absolute atomic E-state index is 3.63. The van der Waals surface area contributed by atoms with Crippen LogP contribution in [0, 0.1) is 13.8 Å². The molecule has 2 nitrogen and oxygen atoms in total. The van der Waals surface area contributed by atoms with Gasteiger partial charge < -0.3 is 10.2 Å². The van der Waals surface area contributed by atoms with Crippen LogP contribution in [0.1, 0.15) is 35.6 Å². The van der Waals surface area contributed by atoms with E-state index in [2.05, 4.69) is 56.4 Å². The Morgan fingerprint density at radius 3 is 2.47 bits per heavy atom. The minimum atomic E-state index is 0.481. The Labute approximate surface area is 105 Å². The summed E-state index contributed by atoms with van der Waals surface area (Å²) in [6, 6.07) is 8.09. The normalized spacial score (nSPS) is 17.5. The predicted octanol–water partition coefficient (Wildman–Crippen LogP) is 2.66. The zero-order chi connectivity index (χ0) is 12.4. The number of hydrogen-bond acceptors (Lipinski definition) is 2. The summed E-state index contributed by atoms with van der Waals surface area (Å²) in [5.41, 5.74) is 4.19. The van der Waals surface area contributed by atoms with Crippen molar-refractivity contribution in [2.24, 2.45) is 0 Å². The number of nitrogens with one attached hydrogen (secondary N) is 1. The average Bonchev–Trinajstić information content (AvgIpc) is 3.07. The van der Waals surface area contributed by atoms with Gasteiger partial charge in [-0.25, -0.2) is 0 Å². The van der Waals surface area contributed by atoms with E-state index in [1.165, 1.54) is 29.5 Å². The SMILES string of the molecule is Cc1ccc(C(CNC2CC2)N(C)C)cc1C. The molecule has 0 heterocycles. The van der Waals surface area contributed by atoms with Crippen LogP contribution in [0.15, 0.2) is 18.2 Å². The molecule has 0 bridgehead atoms. The van der Waals surface area contributed by atoms with Gasteiger partial charge in [0.25, 0.3) is 0 Å². The van der Waals surface area contributed by atoms with Crippen molar-refractivity contribution in [1.29, 1.82) is 0 Å². The van der Waals surface area contributed by atoms with Crippen LogP contribution in [0.3, 0.4) is 0 Å². The second-order valence-electron chi connectivity index (χ2n) is 5.51. The fourth-order valence-corrected chi connectivity index (χ4v) is 2.14. The van der Waals surface area contributed by atoms with Crippen LogP contribution in [0.4, 0.5) is 0 Å². The van der Waals surface area contributed by atoms with Gasteiger partial charge in [0.1, 0.15) is 0 Å². The van der Waals surface area contributed by atoms with E-state index in [-0.39, 0.29) is 0 Å². The molecule has 0 saturated heterocycles. The highest BCUT2D eigenvalue weighted by Gasteiger charge is 2.23. The maximum atomic E-state index is 3.63. The lowest BCUT2D eigenvalue weighted by Gasteiger charge is -2.26. The molecular weight excluding hydrogens is 208 g/mol. The predicted molar refractivity (Wildman–Crippen MR) is 73.4 cm³/mol. The van der Waals surface area contributed by atoms with Crippen molar-refractivity contribution < 1.29 is 0 Å². The quantitative estimate of drug-likeness (QED) is 0.839. The van der Waals surface area contributed by atoms with E-state index in [9.17, 15) is 0 Å². The molecule has 17 heavy (non-hydrogen) atoms. The number of benzene rings is 1. The lowest BCUT2D eigenvalue weighted by atomic mass is 10.0. The van der Waals surface area contributed by atoms with Crippen molar-refractivity contribution in [2.45, 2.75) is 38.8 Å². The van der Waals surface area contributed by atoms with Crippen LogP contribution >= 0.6 is 0 Å². The molecule has 1 aromatic carbocycles. The summed E-state index contributed by atoms with van der Waals surface area (Å²) in [5.74, 6) is 0. The van der Waals surface area contributed by atoms with E-state index in [1.807, 2.05) is 0 Å². The van der Waals surface area contributed by atoms with Crippen molar-refractivity contribution in [3.8, 4) is 0 Å². The smallest absolute Gasteiger partial charge is 0.0467 e. The van der Waals surface area contributed by atoms with Crippen molar-refractivity contribution >= 4 is 0 Å². The van der Waals surface area contributed by atoms with Gasteiger partial charge in [-0.05, 0) is 57.5 Å². The molecule has 1 N–H and O–H groups in total. The second kappa shape index (κ2) is 5.19. The van der Waals surface area contributed by atoms with Gasteiger partial charge in [-0.3, -0.25) is 0 Å². The van der Waals surface area contributed by atoms with Crippen LogP contribution in [-0.2, 0) is 0 Å². The zero-order valence-corrected chi connectivity index (χ0v) is 11.5. The Morgan fingerprint density at radius 2 is 1.94 bits per heavy atom. The molecule has 0 amide bonds. The van der Waals surface area contributed by atoms with Crippen molar-refractivity contribution in [3.63, 3.8) is 0 Å². The molecule has 0 spiro atoms. The fourth-order valence-electron chi connectivity index (χ4n) is 2.14. The third-order valence-electron chi connectivity index (χ3n) is 3.72. The van der Waals surface area contributed by atoms with E-state index >= 15 is 0 Å². The highest BCUT2D eigenvalue weighted by atomic mass is 15.1. The molecule has 1 aliphatic rings. The van der Waals surface area contributed by atoms with E-state index in [0.29, 0.717) is 6.04 Å². The van der Waals surface area contributed by atoms with Crippen molar-refractivity contribution in [2.75, 3.05) is 20.6 Å². The van der Waals surface area contributed by atoms with Crippen LogP contribution in [-0.4, -0.2) is 31.6 Å². The Bertz CT molecular complexity index is 381. The van der Waals surface area contributed by atoms with Gasteiger partial charge in [0.05, 0.1) is 0 Å². The van der Waals surface area contributed by atoms with Crippen LogP contribution in [0.2, 0.25) is 0 Å². The molecule has 0 radical (unpaired) electrons. The minimum absolute atomic E-state index is 0.481. The molecular formula is C15H24N2. The van der Waals surface area contributed by atoms with Crippen molar-refractivity contribution in [3.05, 3.63) is 34.9 Å². The van der Waals surface area contributed by atoms with Gasteiger partial charge in [0, 0.05) is 18.6 Å². The lowest BCUT2D eigenvalue weighted by Crippen LogP contribution is -2.32. The molecule has 0 aromatic heterocycles. The lowest BCUT2D eigenvalue weighted by molar-refractivity contribution is 0.288. The third-order valence-corrected chi connectivity index (χ3v) is 3.72. The van der Waals surface area contributed by atoms with Gasteiger partial charge >= 0.3 is 0 Å². The zero-order valence-electron chi connectivity index (χ0n) is 11.5. The summed E-state index contributed by atoms with van der Waals surface area (Å²) in [7, 11) is 4.32. The van der Waals surface area contributed by atoms with Gasteiger partial charge in [-0.15, -0.1) is 0 Å². The number of aryl methyl sites for hydroxylation is 2. The van der Waals surface area contributed by atoms with E-state index < -0.39 is 0 Å². The third kappa shape index (κ3) is 3.30. The maximum Gasteiger partial charge on any atom is 0.0467 e. The highest BCUT2D eigenvalue weighted by Crippen LogP contribution is 2.23. The van der Waals surface area contributed by atoms with Crippen LogP contribution in [0.25, 0.3) is 0 Å². The summed E-state index contributed by atoms with van der Waals surface area (Å²) < 4.78 is 0. The molecule has 1 fully saturated rings. The van der Waals surface area contributed by atoms with E-state index in [4.69, 9.17) is 0 Å². The van der Waals surface area contributed by atoms with Crippen LogP contribution in [0.5, 0.6) is 0 Å². The van der Waals surface area contributed by atoms with Gasteiger partial charge in [0.15, 0.2) is 0 Å². The second-order valence-corrected chi connectivity index (χ2v) is 5.51. The number of likely N-dealkylation sites (N-methyl/N-ethyl adjacent to an activating group) is 1. The summed E-state index contributed by atoms with van der Waals surface area (Å²) in [6.07, 6.45) is 2.71. The summed E-state index contributed by atoms with van der Waals surface area (Å²) >= 11 is 0. The standard InChI is InChI=1S/C15H24N2/c1-11-5-6-13(9-12(11)2)15(17(3)4)10-16-14-7-8-14/h5-6,9,14-16H,7-8,10H2,1-4H3. The van der Waals surface area contributed by atoms with E-state index in [1.54, 1.807) is 0 Å². The molecule has 2 heteroatoms. The monoisotopic (exact) mass is 232 g/mol. The first-order chi connectivity index (χ1) is 8.08. The topological polar surface area (TPSA) is 15.3 Å². The number of hydrogen-bond donors (Lipinski definition) is 1. The molecule has 1 saturated carbocycles. The van der Waals surface area contributed by atoms with E-state index in [0.717, 1.165) is 12.6 Å². The molecule has 94 valence electrons. The minimum Gasteiger partial charge on any atom is -0.312 e. The Kier molecular flexibility index (Phi) is 3.85. The first-order valence-corrected chi connectivity index (χ1v) is 6.55. The summed E-state index contributed by atoms with van der Waals surface area (Å²) in [4.78, 5) is 2.31. The average molecular weight is 232 g/mol. The number of nitrogens with zero attached hydrogens (tertiary/aromatic N) is 1. The Hall–Kier alpha value is -0.860. The molecule has 0 aliphatic heterocycles. The fraction of sp³-hybridized carbons (Fsp3) is 0.600. The molecule has 1 atom stereocenters. The highest BCUT2D eigenvalue weighted by molar-refractivity contribution is 5.32. The summed E-state index contributed by atoms with van der Waals surface area (Å²) in [6.45, 7) is 5.42. The molecule has 1 aromatic rings. The van der Waals surface area contributed by atoms with Crippen LogP contribution < -0.4 is 5.32 Å². The first-order valence-electron chi connectivity index (χ1n) is 6.55.